The van der Waals surface area contributed by atoms with E-state index < -0.39 is 0 Å². The largest absolute Gasteiger partial charge is 0.362 e. The van der Waals surface area contributed by atoms with Crippen molar-refractivity contribution < 1.29 is 4.79 Å². The second-order valence-corrected chi connectivity index (χ2v) is 5.94. The first kappa shape index (κ1) is 15.3. The number of hydrogen-bond acceptors (Lipinski definition) is 4. The minimum atomic E-state index is -0.170. The maximum Gasteiger partial charge on any atom is 0.315 e. The van der Waals surface area contributed by atoms with Gasteiger partial charge in [-0.05, 0) is 30.0 Å². The fourth-order valence-corrected chi connectivity index (χ4v) is 2.80. The van der Waals surface area contributed by atoms with Gasteiger partial charge >= 0.3 is 6.03 Å². The van der Waals surface area contributed by atoms with E-state index in [2.05, 4.69) is 21.7 Å². The van der Waals surface area contributed by atoms with Crippen molar-refractivity contribution in [2.75, 3.05) is 19.0 Å². The fraction of sp³-hybridized carbons (Fsp3) is 0.333. The number of carbonyl (C=O) groups excluding carboxylic acids is 1. The van der Waals surface area contributed by atoms with Gasteiger partial charge in [-0.2, -0.15) is 0 Å². The Morgan fingerprint density at radius 2 is 2.05 bits per heavy atom. The molecule has 2 aromatic heterocycles. The van der Waals surface area contributed by atoms with Crippen LogP contribution in [0.2, 0.25) is 0 Å². The summed E-state index contributed by atoms with van der Waals surface area (Å²) >= 11 is 1.65. The molecule has 0 saturated heterocycles. The Morgan fingerprint density at radius 1 is 1.29 bits per heavy atom. The third-order valence-corrected chi connectivity index (χ3v) is 4.13. The molecule has 0 aromatic carbocycles. The second kappa shape index (κ2) is 7.08. The molecule has 0 aliphatic carbocycles. The van der Waals surface area contributed by atoms with E-state index in [9.17, 15) is 4.79 Å². The Kier molecular flexibility index (Phi) is 5.16. The lowest BCUT2D eigenvalue weighted by Gasteiger charge is -2.16. The number of urea groups is 1. The summed E-state index contributed by atoms with van der Waals surface area (Å²) in [5.41, 5.74) is 2.20. The zero-order valence-electron chi connectivity index (χ0n) is 12.5. The van der Waals surface area contributed by atoms with E-state index in [1.165, 1.54) is 10.4 Å². The van der Waals surface area contributed by atoms with Crippen LogP contribution in [0.3, 0.4) is 0 Å². The topological polar surface area (TPSA) is 57.3 Å². The zero-order valence-corrected chi connectivity index (χ0v) is 13.3. The normalized spacial score (nSPS) is 10.2. The van der Waals surface area contributed by atoms with Crippen molar-refractivity contribution in [3.05, 3.63) is 45.8 Å². The highest BCUT2D eigenvalue weighted by atomic mass is 32.1. The Morgan fingerprint density at radius 3 is 2.71 bits per heavy atom. The zero-order chi connectivity index (χ0) is 15.2. The van der Waals surface area contributed by atoms with Gasteiger partial charge in [0.1, 0.15) is 5.82 Å². The number of hydrogen-bond donors (Lipinski definition) is 2. The van der Waals surface area contributed by atoms with Gasteiger partial charge in [-0.15, -0.1) is 11.3 Å². The van der Waals surface area contributed by atoms with Gasteiger partial charge in [-0.25, -0.2) is 9.78 Å². The number of amides is 2. The second-order valence-electron chi connectivity index (χ2n) is 4.94. The van der Waals surface area contributed by atoms with Crippen LogP contribution in [0.15, 0.2) is 29.8 Å². The number of pyridine rings is 1. The van der Waals surface area contributed by atoms with Crippen LogP contribution in [0.25, 0.3) is 0 Å². The van der Waals surface area contributed by atoms with Gasteiger partial charge in [-0.3, -0.25) is 0 Å². The quantitative estimate of drug-likeness (QED) is 0.892. The van der Waals surface area contributed by atoms with Gasteiger partial charge < -0.3 is 15.5 Å². The van der Waals surface area contributed by atoms with E-state index in [0.29, 0.717) is 13.1 Å². The van der Waals surface area contributed by atoms with Gasteiger partial charge in [0.05, 0.1) is 6.54 Å². The molecule has 0 spiro atoms. The van der Waals surface area contributed by atoms with Gasteiger partial charge in [0, 0.05) is 37.3 Å². The summed E-state index contributed by atoms with van der Waals surface area (Å²) < 4.78 is 0. The van der Waals surface area contributed by atoms with Crippen LogP contribution in [-0.2, 0) is 13.1 Å². The Balaban J connectivity index is 1.86. The molecule has 2 N–H and O–H groups in total. The van der Waals surface area contributed by atoms with E-state index in [4.69, 9.17) is 0 Å². The third-order valence-electron chi connectivity index (χ3n) is 3.11. The van der Waals surface area contributed by atoms with Crippen LogP contribution in [0.1, 0.15) is 16.0 Å². The molecule has 0 aliphatic rings. The van der Waals surface area contributed by atoms with E-state index in [-0.39, 0.29) is 6.03 Å². The van der Waals surface area contributed by atoms with Crippen LogP contribution >= 0.6 is 11.3 Å². The summed E-state index contributed by atoms with van der Waals surface area (Å²) in [5, 5.41) is 7.77. The smallest absolute Gasteiger partial charge is 0.315 e. The van der Waals surface area contributed by atoms with Crippen molar-refractivity contribution in [2.24, 2.45) is 0 Å². The number of thiophene rings is 1. The van der Waals surface area contributed by atoms with Gasteiger partial charge in [0.2, 0.25) is 0 Å². The molecule has 2 heterocycles. The van der Waals surface area contributed by atoms with Crippen molar-refractivity contribution in [3.63, 3.8) is 0 Å². The monoisotopic (exact) mass is 304 g/mol. The predicted octanol–water partition coefficient (Wildman–Crippen LogP) is 2.52. The van der Waals surface area contributed by atoms with Crippen LogP contribution in [0.4, 0.5) is 10.6 Å². The first-order valence-corrected chi connectivity index (χ1v) is 7.62. The number of carbonyl (C=O) groups is 1. The summed E-state index contributed by atoms with van der Waals surface area (Å²) in [4.78, 5) is 19.3. The van der Waals surface area contributed by atoms with Crippen LogP contribution < -0.4 is 15.5 Å². The highest BCUT2D eigenvalue weighted by molar-refractivity contribution is 7.10. The van der Waals surface area contributed by atoms with E-state index in [1.54, 1.807) is 17.5 Å². The lowest BCUT2D eigenvalue weighted by atomic mass is 10.2. The average molecular weight is 304 g/mol. The number of aromatic nitrogens is 1. The predicted molar refractivity (Wildman–Crippen MR) is 86.7 cm³/mol. The highest BCUT2D eigenvalue weighted by Crippen LogP contribution is 2.15. The standard InChI is InChI=1S/C15H20N4OS/c1-11-6-8-21-13(11)10-18-15(20)17-9-12-5-4-7-16-14(12)19(2)3/h4-8H,9-10H2,1-3H3,(H2,17,18,20). The Bertz CT molecular complexity index is 609. The summed E-state index contributed by atoms with van der Waals surface area (Å²) in [6, 6.07) is 5.72. The number of aryl methyl sites for hydroxylation is 1. The fourth-order valence-electron chi connectivity index (χ4n) is 1.95. The lowest BCUT2D eigenvalue weighted by Crippen LogP contribution is -2.34. The highest BCUT2D eigenvalue weighted by Gasteiger charge is 2.07. The minimum Gasteiger partial charge on any atom is -0.362 e. The molecule has 0 atom stereocenters. The molecule has 0 aliphatic heterocycles. The molecule has 2 rings (SSSR count). The molecule has 0 bridgehead atoms. The molecule has 6 heteroatoms. The molecule has 21 heavy (non-hydrogen) atoms. The van der Waals surface area contributed by atoms with Crippen molar-refractivity contribution in [1.82, 2.24) is 15.6 Å². The number of nitrogens with zero attached hydrogens (tertiary/aromatic N) is 2. The molecule has 5 nitrogen and oxygen atoms in total. The molecule has 2 aromatic rings. The van der Waals surface area contributed by atoms with Gasteiger partial charge in [0.25, 0.3) is 0 Å². The number of anilines is 1. The van der Waals surface area contributed by atoms with Crippen LogP contribution in [0, 0.1) is 6.92 Å². The SMILES string of the molecule is Cc1ccsc1CNC(=O)NCc1cccnc1N(C)C. The molecule has 0 radical (unpaired) electrons. The molecule has 0 unspecified atom stereocenters. The molecule has 112 valence electrons. The number of nitrogens with one attached hydrogen (secondary N) is 2. The molecular weight excluding hydrogens is 284 g/mol. The maximum atomic E-state index is 11.9. The van der Waals surface area contributed by atoms with E-state index in [0.717, 1.165) is 11.4 Å². The first-order valence-electron chi connectivity index (χ1n) is 6.74. The lowest BCUT2D eigenvalue weighted by molar-refractivity contribution is 0.240. The minimum absolute atomic E-state index is 0.170. The van der Waals surface area contributed by atoms with Crippen LogP contribution in [-0.4, -0.2) is 25.1 Å². The van der Waals surface area contributed by atoms with Gasteiger partial charge in [0.15, 0.2) is 0 Å². The van der Waals surface area contributed by atoms with Gasteiger partial charge in [-0.1, -0.05) is 6.07 Å². The van der Waals surface area contributed by atoms with Crippen molar-refractivity contribution in [3.8, 4) is 0 Å². The molecular formula is C15H20N4OS. The van der Waals surface area contributed by atoms with Crippen molar-refractivity contribution in [2.45, 2.75) is 20.0 Å². The van der Waals surface area contributed by atoms with Crippen molar-refractivity contribution >= 4 is 23.2 Å². The van der Waals surface area contributed by atoms with E-state index >= 15 is 0 Å². The van der Waals surface area contributed by atoms with Crippen LogP contribution in [0.5, 0.6) is 0 Å². The van der Waals surface area contributed by atoms with Crippen molar-refractivity contribution in [1.29, 1.82) is 0 Å². The summed E-state index contributed by atoms with van der Waals surface area (Å²) in [5.74, 6) is 0.868. The molecule has 0 fully saturated rings. The number of rotatable bonds is 5. The molecule has 0 saturated carbocycles. The summed E-state index contributed by atoms with van der Waals surface area (Å²) in [6.45, 7) is 3.06. The summed E-state index contributed by atoms with van der Waals surface area (Å²) in [7, 11) is 3.87. The Hall–Kier alpha value is -2.08. The average Bonchev–Trinajstić information content (AvgIpc) is 2.88. The maximum absolute atomic E-state index is 11.9. The summed E-state index contributed by atoms with van der Waals surface area (Å²) in [6.07, 6.45) is 1.75. The Labute approximate surface area is 129 Å². The molecule has 2 amide bonds. The first-order chi connectivity index (χ1) is 10.1. The third kappa shape index (κ3) is 4.19. The van der Waals surface area contributed by atoms with E-state index in [1.807, 2.05) is 43.4 Å².